The number of nitrogens with one attached hydrogen (secondary N) is 2. The summed E-state index contributed by atoms with van der Waals surface area (Å²) < 4.78 is 17.2. The van der Waals surface area contributed by atoms with Gasteiger partial charge in [0.15, 0.2) is 5.84 Å². The maximum absolute atomic E-state index is 13.2. The maximum Gasteiger partial charge on any atom is 0.275 e. The molecular formula is C23H30N6O8. The summed E-state index contributed by atoms with van der Waals surface area (Å²) in [6.07, 6.45) is -1.96. The smallest absolute Gasteiger partial charge is 0.275 e. The lowest BCUT2D eigenvalue weighted by molar-refractivity contribution is -0.386. The van der Waals surface area contributed by atoms with Crippen LogP contribution in [0.2, 0.25) is 0 Å². The van der Waals surface area contributed by atoms with Crippen LogP contribution in [0.5, 0.6) is 5.75 Å². The zero-order valence-electron chi connectivity index (χ0n) is 20.9. The Hall–Kier alpha value is -3.46. The molecule has 1 aromatic carbocycles. The summed E-state index contributed by atoms with van der Waals surface area (Å²) in [5.41, 5.74) is -2.25. The summed E-state index contributed by atoms with van der Waals surface area (Å²) in [7, 11) is 1.45. The van der Waals surface area contributed by atoms with Crippen molar-refractivity contribution in [1.82, 2.24) is 10.2 Å². The number of carbonyl (C=O) groups is 1. The topological polar surface area (TPSA) is 192 Å². The van der Waals surface area contributed by atoms with E-state index in [2.05, 4.69) is 15.3 Å². The lowest BCUT2D eigenvalue weighted by atomic mass is 9.83. The van der Waals surface area contributed by atoms with Crippen LogP contribution >= 0.6 is 0 Å². The van der Waals surface area contributed by atoms with Crippen LogP contribution in [0.4, 0.5) is 5.69 Å². The van der Waals surface area contributed by atoms with Gasteiger partial charge in [-0.3, -0.25) is 30.5 Å². The second-order valence-corrected chi connectivity index (χ2v) is 10.1. The molecule has 0 aromatic heterocycles. The van der Waals surface area contributed by atoms with Crippen molar-refractivity contribution in [3.05, 3.63) is 33.9 Å². The van der Waals surface area contributed by atoms with E-state index in [1.807, 2.05) is 20.8 Å². The highest BCUT2D eigenvalue weighted by molar-refractivity contribution is 6.27. The van der Waals surface area contributed by atoms with Crippen LogP contribution in [-0.4, -0.2) is 88.4 Å². The highest BCUT2D eigenvalue weighted by Crippen LogP contribution is 2.43. The number of guanidine groups is 1. The predicted octanol–water partition coefficient (Wildman–Crippen LogP) is 0.721. The van der Waals surface area contributed by atoms with E-state index in [1.165, 1.54) is 36.5 Å². The van der Waals surface area contributed by atoms with E-state index < -0.39 is 58.9 Å². The van der Waals surface area contributed by atoms with Gasteiger partial charge in [-0.25, -0.2) is 4.99 Å². The fourth-order valence-electron chi connectivity index (χ4n) is 4.62. The minimum atomic E-state index is -1.70. The molecule has 200 valence electrons. The van der Waals surface area contributed by atoms with Gasteiger partial charge in [0, 0.05) is 12.5 Å². The molecule has 14 nitrogen and oxygen atoms in total. The average Bonchev–Trinajstić information content (AvgIpc) is 3.38. The summed E-state index contributed by atoms with van der Waals surface area (Å²) in [5.74, 6) is -0.599. The highest BCUT2D eigenvalue weighted by atomic mass is 16.6. The van der Waals surface area contributed by atoms with E-state index in [9.17, 15) is 25.1 Å². The van der Waals surface area contributed by atoms with Crippen molar-refractivity contribution in [3.63, 3.8) is 0 Å². The van der Waals surface area contributed by atoms with Crippen LogP contribution in [-0.2, 0) is 14.3 Å². The Bertz CT molecular complexity index is 1160. The Balaban J connectivity index is 1.68. The van der Waals surface area contributed by atoms with Gasteiger partial charge in [0.2, 0.25) is 11.5 Å². The van der Waals surface area contributed by atoms with E-state index in [4.69, 9.17) is 19.6 Å². The first-order valence-corrected chi connectivity index (χ1v) is 11.6. The summed E-state index contributed by atoms with van der Waals surface area (Å²) in [6, 6.07) is 4.36. The fourth-order valence-corrected chi connectivity index (χ4v) is 4.62. The number of amidine groups is 1. The largest absolute Gasteiger partial charge is 0.497 e. The molecule has 0 aliphatic carbocycles. The molecule has 0 saturated carbocycles. The van der Waals surface area contributed by atoms with Crippen LogP contribution in [0.15, 0.2) is 28.2 Å². The van der Waals surface area contributed by atoms with Gasteiger partial charge in [0.25, 0.3) is 11.6 Å². The molecular weight excluding hydrogens is 488 g/mol. The quantitative estimate of drug-likeness (QED) is 0.283. The number of aliphatic hydroxyl groups excluding tert-OH is 2. The maximum atomic E-state index is 13.2. The predicted molar refractivity (Wildman–Crippen MR) is 131 cm³/mol. The van der Waals surface area contributed by atoms with E-state index in [0.717, 1.165) is 0 Å². The zero-order chi connectivity index (χ0) is 27.1. The van der Waals surface area contributed by atoms with Gasteiger partial charge in [-0.05, 0) is 17.5 Å². The van der Waals surface area contributed by atoms with Gasteiger partial charge in [0.1, 0.15) is 18.1 Å². The molecule has 1 aromatic rings. The normalized spacial score (nSPS) is 28.1. The molecule has 3 heterocycles. The van der Waals surface area contributed by atoms with Crippen LogP contribution in [0.3, 0.4) is 0 Å². The lowest BCUT2D eigenvalue weighted by Crippen LogP contribution is -2.61. The van der Waals surface area contributed by atoms with E-state index in [-0.39, 0.29) is 30.1 Å². The SMILES string of the molecule is COc1ccc([N+](=O)[O-])c(C(OCC23N=CN([C@H]4C[C@H](O)[C@@H](CO)O4)C2=NC(=N)NC3=O)C(C)(C)C)c1. The van der Waals surface area contributed by atoms with Gasteiger partial charge in [-0.15, -0.1) is 0 Å². The molecule has 14 heteroatoms. The standard InChI is InChI=1S/C23H30N6O8/c1-22(2,3)18(13-7-12(35-4)5-6-14(13)29(33)34)36-10-23-19(26-21(24)27-20(23)32)28(11-25-23)17-8-15(31)16(9-30)37-17/h5-7,11,15-18,30-31H,8-10H2,1-4H3,(H2,24,27,32)/t15-,16+,17+,18?,23?/m0/s1. The first-order valence-electron chi connectivity index (χ1n) is 11.6. The van der Waals surface area contributed by atoms with E-state index in [1.54, 1.807) is 0 Å². The minimum absolute atomic E-state index is 0.0600. The molecule has 4 N–H and O–H groups in total. The third-order valence-electron chi connectivity index (χ3n) is 6.50. The number of nitro benzene ring substituents is 1. The van der Waals surface area contributed by atoms with Crippen molar-refractivity contribution in [2.24, 2.45) is 15.4 Å². The number of aliphatic imine (C=N–C) groups is 2. The van der Waals surface area contributed by atoms with Crippen molar-refractivity contribution in [1.29, 1.82) is 5.41 Å². The van der Waals surface area contributed by atoms with Gasteiger partial charge in [-0.1, -0.05) is 20.8 Å². The molecule has 3 aliphatic rings. The number of hydrogen-bond donors (Lipinski definition) is 4. The number of nitro groups is 1. The van der Waals surface area contributed by atoms with Crippen molar-refractivity contribution in [2.45, 2.75) is 57.3 Å². The first-order chi connectivity index (χ1) is 17.4. The summed E-state index contributed by atoms with van der Waals surface area (Å²) in [5, 5.41) is 41.7. The molecule has 5 atom stereocenters. The molecule has 0 spiro atoms. The Morgan fingerprint density at radius 3 is 2.76 bits per heavy atom. The van der Waals surface area contributed by atoms with E-state index in [0.29, 0.717) is 5.75 Å². The molecule has 37 heavy (non-hydrogen) atoms. The molecule has 0 bridgehead atoms. The number of benzene rings is 1. The molecule has 3 aliphatic heterocycles. The third-order valence-corrected chi connectivity index (χ3v) is 6.50. The number of methoxy groups -OCH3 is 1. The highest BCUT2D eigenvalue weighted by Gasteiger charge is 2.56. The monoisotopic (exact) mass is 518 g/mol. The Morgan fingerprint density at radius 2 is 2.16 bits per heavy atom. The number of ether oxygens (including phenoxy) is 3. The number of rotatable bonds is 8. The second-order valence-electron chi connectivity index (χ2n) is 10.1. The molecule has 4 rings (SSSR count). The first kappa shape index (κ1) is 26.6. The third kappa shape index (κ3) is 4.80. The number of fused-ring (bicyclic) bond motifs is 1. The van der Waals surface area contributed by atoms with Crippen LogP contribution in [0.1, 0.15) is 38.9 Å². The van der Waals surface area contributed by atoms with Gasteiger partial charge in [0.05, 0.1) is 49.4 Å². The Morgan fingerprint density at radius 1 is 1.43 bits per heavy atom. The van der Waals surface area contributed by atoms with Crippen molar-refractivity contribution < 1.29 is 34.1 Å². The van der Waals surface area contributed by atoms with Crippen LogP contribution in [0, 0.1) is 20.9 Å². The van der Waals surface area contributed by atoms with Crippen molar-refractivity contribution >= 4 is 29.7 Å². The molecule has 0 radical (unpaired) electrons. The van der Waals surface area contributed by atoms with Gasteiger partial charge >= 0.3 is 0 Å². The van der Waals surface area contributed by atoms with Crippen LogP contribution in [0.25, 0.3) is 0 Å². The number of carbonyl (C=O) groups excluding carboxylic acids is 1. The lowest BCUT2D eigenvalue weighted by Gasteiger charge is -2.36. The minimum Gasteiger partial charge on any atom is -0.497 e. The van der Waals surface area contributed by atoms with Crippen molar-refractivity contribution in [3.8, 4) is 5.75 Å². The van der Waals surface area contributed by atoms with Crippen LogP contribution < -0.4 is 10.1 Å². The van der Waals surface area contributed by atoms with Crippen molar-refractivity contribution in [2.75, 3.05) is 20.3 Å². The average molecular weight is 519 g/mol. The molecule has 1 saturated heterocycles. The summed E-state index contributed by atoms with van der Waals surface area (Å²) in [6.45, 7) is 4.78. The summed E-state index contributed by atoms with van der Waals surface area (Å²) >= 11 is 0. The molecule has 2 unspecified atom stereocenters. The second kappa shape index (κ2) is 9.78. The summed E-state index contributed by atoms with van der Waals surface area (Å²) in [4.78, 5) is 34.6. The number of hydrogen-bond acceptors (Lipinski definition) is 11. The molecule has 1 amide bonds. The number of aliphatic hydroxyl groups is 2. The van der Waals surface area contributed by atoms with E-state index >= 15 is 0 Å². The van der Waals surface area contributed by atoms with Gasteiger partial charge < -0.3 is 24.4 Å². The molecule has 1 fully saturated rings. The Labute approximate surface area is 212 Å². The Kier molecular flexibility index (Phi) is 7.03. The number of amides is 1. The zero-order valence-corrected chi connectivity index (χ0v) is 20.9. The fraction of sp³-hybridized carbons (Fsp3) is 0.565. The van der Waals surface area contributed by atoms with Gasteiger partial charge in [-0.2, -0.15) is 4.99 Å². The number of nitrogens with zero attached hydrogens (tertiary/aromatic N) is 4.